The van der Waals surface area contributed by atoms with Gasteiger partial charge in [-0.3, -0.25) is 9.69 Å². The molecule has 1 aliphatic rings. The number of amides is 1. The molecular formula is C18H14F3NO3S2. The predicted molar refractivity (Wildman–Crippen MR) is 101 cm³/mol. The number of hydrogen-bond acceptors (Lipinski definition) is 5. The van der Waals surface area contributed by atoms with E-state index in [4.69, 9.17) is 21.4 Å². The zero-order chi connectivity index (χ0) is 19.6. The minimum Gasteiger partial charge on any atom is -0.457 e. The molecule has 3 rings (SSSR count). The second-order valence-electron chi connectivity index (χ2n) is 5.61. The average Bonchev–Trinajstić information content (AvgIpc) is 3.18. The van der Waals surface area contributed by atoms with Gasteiger partial charge >= 0.3 is 6.18 Å². The maximum absolute atomic E-state index is 12.9. The van der Waals surface area contributed by atoms with Crippen molar-refractivity contribution in [2.75, 3.05) is 20.3 Å². The number of carbonyl (C=O) groups is 1. The van der Waals surface area contributed by atoms with E-state index in [1.165, 1.54) is 30.2 Å². The Balaban J connectivity index is 1.82. The Morgan fingerprint density at radius 1 is 1.30 bits per heavy atom. The highest BCUT2D eigenvalue weighted by atomic mass is 32.2. The molecule has 0 atom stereocenters. The molecule has 0 radical (unpaired) electrons. The van der Waals surface area contributed by atoms with Gasteiger partial charge in [0.05, 0.1) is 23.6 Å². The van der Waals surface area contributed by atoms with E-state index in [2.05, 4.69) is 0 Å². The van der Waals surface area contributed by atoms with E-state index in [0.717, 1.165) is 23.9 Å². The molecule has 1 saturated heterocycles. The summed E-state index contributed by atoms with van der Waals surface area (Å²) in [7, 11) is 1.53. The number of halogens is 3. The number of thioether (sulfide) groups is 1. The molecule has 0 aliphatic carbocycles. The lowest BCUT2D eigenvalue weighted by Crippen LogP contribution is -2.31. The molecule has 0 bridgehead atoms. The minimum absolute atomic E-state index is 0.251. The van der Waals surface area contributed by atoms with Crippen LogP contribution in [-0.2, 0) is 15.7 Å². The van der Waals surface area contributed by atoms with Crippen molar-refractivity contribution in [2.45, 2.75) is 6.18 Å². The number of hydrogen-bond donors (Lipinski definition) is 0. The van der Waals surface area contributed by atoms with Crippen LogP contribution in [0.3, 0.4) is 0 Å². The van der Waals surface area contributed by atoms with Gasteiger partial charge in [0, 0.05) is 18.7 Å². The normalized spacial score (nSPS) is 16.6. The molecule has 0 spiro atoms. The van der Waals surface area contributed by atoms with Gasteiger partial charge in [0.25, 0.3) is 5.91 Å². The summed E-state index contributed by atoms with van der Waals surface area (Å²) >= 11 is 6.33. The predicted octanol–water partition coefficient (Wildman–Crippen LogP) is 4.81. The SMILES string of the molecule is COCCN1C(=O)C(=Cc2ccc(-c3cccc(C(F)(F)F)c3)o2)SC1=S. The highest BCUT2D eigenvalue weighted by Crippen LogP contribution is 2.35. The van der Waals surface area contributed by atoms with Crippen LogP contribution in [0, 0.1) is 0 Å². The van der Waals surface area contributed by atoms with Crippen molar-refractivity contribution >= 4 is 40.3 Å². The molecule has 1 aromatic heterocycles. The van der Waals surface area contributed by atoms with Crippen LogP contribution in [0.15, 0.2) is 45.7 Å². The number of benzene rings is 1. The summed E-state index contributed by atoms with van der Waals surface area (Å²) in [5.74, 6) is 0.385. The number of alkyl halides is 3. The van der Waals surface area contributed by atoms with E-state index < -0.39 is 11.7 Å². The van der Waals surface area contributed by atoms with Crippen LogP contribution in [0.25, 0.3) is 17.4 Å². The molecule has 1 aliphatic heterocycles. The van der Waals surface area contributed by atoms with Crippen LogP contribution in [0.5, 0.6) is 0 Å². The van der Waals surface area contributed by atoms with Crippen molar-refractivity contribution in [3.05, 3.63) is 52.6 Å². The molecule has 2 heterocycles. The number of rotatable bonds is 5. The number of thiocarbonyl (C=S) groups is 1. The van der Waals surface area contributed by atoms with Crippen LogP contribution in [0.1, 0.15) is 11.3 Å². The summed E-state index contributed by atoms with van der Waals surface area (Å²) in [5.41, 5.74) is -0.450. The lowest BCUT2D eigenvalue weighted by atomic mass is 10.1. The molecule has 1 fully saturated rings. The molecule has 9 heteroatoms. The van der Waals surface area contributed by atoms with E-state index in [-0.39, 0.29) is 11.7 Å². The van der Waals surface area contributed by atoms with Gasteiger partial charge in [0.1, 0.15) is 15.8 Å². The van der Waals surface area contributed by atoms with E-state index >= 15 is 0 Å². The minimum atomic E-state index is -4.43. The fourth-order valence-corrected chi connectivity index (χ4v) is 3.73. The Bertz CT molecular complexity index is 905. The van der Waals surface area contributed by atoms with Crippen molar-refractivity contribution in [3.63, 3.8) is 0 Å². The zero-order valence-corrected chi connectivity index (χ0v) is 15.7. The lowest BCUT2D eigenvalue weighted by molar-refractivity contribution is -0.137. The van der Waals surface area contributed by atoms with Crippen LogP contribution >= 0.6 is 24.0 Å². The summed E-state index contributed by atoms with van der Waals surface area (Å²) in [6, 6.07) is 8.03. The van der Waals surface area contributed by atoms with Gasteiger partial charge in [-0.1, -0.05) is 36.1 Å². The van der Waals surface area contributed by atoms with Gasteiger partial charge in [-0.25, -0.2) is 0 Å². The third kappa shape index (κ3) is 4.42. The van der Waals surface area contributed by atoms with Gasteiger partial charge in [-0.2, -0.15) is 13.2 Å². The van der Waals surface area contributed by atoms with E-state index in [0.29, 0.717) is 33.7 Å². The third-order valence-corrected chi connectivity index (χ3v) is 5.14. The molecular weight excluding hydrogens is 399 g/mol. The first-order chi connectivity index (χ1) is 12.8. The average molecular weight is 413 g/mol. The van der Waals surface area contributed by atoms with E-state index in [1.54, 1.807) is 12.1 Å². The van der Waals surface area contributed by atoms with Crippen molar-refractivity contribution in [3.8, 4) is 11.3 Å². The van der Waals surface area contributed by atoms with Gasteiger partial charge in [0.15, 0.2) is 0 Å². The topological polar surface area (TPSA) is 42.7 Å². The first-order valence-electron chi connectivity index (χ1n) is 7.81. The Hall–Kier alpha value is -2.10. The lowest BCUT2D eigenvalue weighted by Gasteiger charge is -2.12. The van der Waals surface area contributed by atoms with E-state index in [9.17, 15) is 18.0 Å². The van der Waals surface area contributed by atoms with Crippen molar-refractivity contribution in [1.82, 2.24) is 4.90 Å². The summed E-state index contributed by atoms with van der Waals surface area (Å²) in [6.07, 6.45) is -2.90. The van der Waals surface area contributed by atoms with Crippen molar-refractivity contribution in [1.29, 1.82) is 0 Å². The highest BCUT2D eigenvalue weighted by molar-refractivity contribution is 8.26. The molecule has 0 unspecified atom stereocenters. The van der Waals surface area contributed by atoms with Crippen molar-refractivity contribution < 1.29 is 27.1 Å². The number of nitrogens with zero attached hydrogens (tertiary/aromatic N) is 1. The monoisotopic (exact) mass is 413 g/mol. The standard InChI is InChI=1S/C18H14F3NO3S2/c1-24-8-7-22-16(23)15(27-17(22)26)10-13-5-6-14(25-13)11-3-2-4-12(9-11)18(19,20)21/h2-6,9-10H,7-8H2,1H3. The molecule has 4 nitrogen and oxygen atoms in total. The largest absolute Gasteiger partial charge is 0.457 e. The second kappa shape index (κ2) is 7.87. The van der Waals surface area contributed by atoms with Crippen LogP contribution in [0.2, 0.25) is 0 Å². The summed E-state index contributed by atoms with van der Waals surface area (Å²) in [5, 5.41) is 0. The van der Waals surface area contributed by atoms with Crippen LogP contribution in [-0.4, -0.2) is 35.4 Å². The summed E-state index contributed by atoms with van der Waals surface area (Å²) in [4.78, 5) is 14.2. The van der Waals surface area contributed by atoms with Gasteiger partial charge in [-0.15, -0.1) is 0 Å². The fourth-order valence-electron chi connectivity index (χ4n) is 2.44. The third-order valence-electron chi connectivity index (χ3n) is 3.77. The first-order valence-corrected chi connectivity index (χ1v) is 9.04. The maximum Gasteiger partial charge on any atom is 0.416 e. The maximum atomic E-state index is 12.9. The fraction of sp³-hybridized carbons (Fsp3) is 0.222. The van der Waals surface area contributed by atoms with Gasteiger partial charge in [0.2, 0.25) is 0 Å². The first kappa shape index (κ1) is 19.7. The second-order valence-corrected chi connectivity index (χ2v) is 7.28. The summed E-state index contributed by atoms with van der Waals surface area (Å²) < 4.78 is 49.6. The molecule has 1 amide bonds. The smallest absolute Gasteiger partial charge is 0.416 e. The Labute approximate surface area is 163 Å². The zero-order valence-electron chi connectivity index (χ0n) is 14.1. The van der Waals surface area contributed by atoms with Gasteiger partial charge in [-0.05, 0) is 24.3 Å². The number of furan rings is 1. The van der Waals surface area contributed by atoms with E-state index in [1.807, 2.05) is 0 Å². The molecule has 0 N–H and O–H groups in total. The van der Waals surface area contributed by atoms with Crippen LogP contribution in [0.4, 0.5) is 13.2 Å². The van der Waals surface area contributed by atoms with Crippen LogP contribution < -0.4 is 0 Å². The summed E-state index contributed by atoms with van der Waals surface area (Å²) in [6.45, 7) is 0.715. The Morgan fingerprint density at radius 3 is 2.78 bits per heavy atom. The molecule has 27 heavy (non-hydrogen) atoms. The quantitative estimate of drug-likeness (QED) is 0.520. The molecule has 2 aromatic rings. The number of ether oxygens (including phenoxy) is 1. The Kier molecular flexibility index (Phi) is 5.73. The Morgan fingerprint density at radius 2 is 2.07 bits per heavy atom. The number of carbonyl (C=O) groups excluding carboxylic acids is 1. The molecule has 142 valence electrons. The number of methoxy groups -OCH3 is 1. The highest BCUT2D eigenvalue weighted by Gasteiger charge is 2.32. The molecule has 1 aromatic carbocycles. The van der Waals surface area contributed by atoms with Gasteiger partial charge < -0.3 is 9.15 Å². The van der Waals surface area contributed by atoms with Crippen molar-refractivity contribution in [2.24, 2.45) is 0 Å². The molecule has 0 saturated carbocycles.